The third-order valence-electron chi connectivity index (χ3n) is 2.53. The zero-order valence-electron chi connectivity index (χ0n) is 12.3. The van der Waals surface area contributed by atoms with E-state index in [0.29, 0.717) is 5.75 Å². The number of aliphatic hydroxyl groups excluding tert-OH is 1. The Morgan fingerprint density at radius 1 is 1.30 bits per heavy atom. The fourth-order valence-corrected chi connectivity index (χ4v) is 2.41. The zero-order chi connectivity index (χ0) is 15.3. The topological polar surface area (TPSA) is 76.0 Å². The minimum atomic E-state index is -1.01. The van der Waals surface area contributed by atoms with Crippen molar-refractivity contribution in [1.29, 1.82) is 0 Å². The lowest BCUT2D eigenvalue weighted by molar-refractivity contribution is -0.0123. The molecule has 1 rings (SSSR count). The summed E-state index contributed by atoms with van der Waals surface area (Å²) in [5.41, 5.74) is 0. The lowest BCUT2D eigenvalue weighted by atomic mass is 10.2. The van der Waals surface area contributed by atoms with Crippen molar-refractivity contribution in [3.63, 3.8) is 0 Å². The molecular weight excluding hydrogens is 280 g/mol. The molecule has 0 fully saturated rings. The number of aliphatic hydroxyl groups is 1. The number of hydrogen-bond acceptors (Lipinski definition) is 5. The molecule has 20 heavy (non-hydrogen) atoms. The Hall–Kier alpha value is -1.11. The molecule has 0 radical (unpaired) electrons. The average molecular weight is 302 g/mol. The Morgan fingerprint density at radius 2 is 1.95 bits per heavy atom. The molecule has 0 spiro atoms. The van der Waals surface area contributed by atoms with Gasteiger partial charge in [-0.05, 0) is 25.8 Å². The Kier molecular flexibility index (Phi) is 6.45. The van der Waals surface area contributed by atoms with Crippen LogP contribution in [0, 0.1) is 0 Å². The molecule has 114 valence electrons. The number of carboxylic acids is 1. The van der Waals surface area contributed by atoms with Crippen LogP contribution in [0.4, 0.5) is 0 Å². The largest absolute Gasteiger partial charge is 0.489 e. The van der Waals surface area contributed by atoms with Gasteiger partial charge in [-0.25, -0.2) is 4.79 Å². The summed E-state index contributed by atoms with van der Waals surface area (Å²) < 4.78 is 10.7. The minimum Gasteiger partial charge on any atom is -0.489 e. The second kappa shape index (κ2) is 7.61. The molecule has 0 saturated carbocycles. The summed E-state index contributed by atoms with van der Waals surface area (Å²) in [5.74, 6) is -0.454. The number of carbonyl (C=O) groups is 1. The molecule has 5 nitrogen and oxygen atoms in total. The van der Waals surface area contributed by atoms with Gasteiger partial charge in [0.25, 0.3) is 0 Å². The molecule has 0 amide bonds. The molecule has 0 aliphatic rings. The Bertz CT molecular complexity index is 439. The summed E-state index contributed by atoms with van der Waals surface area (Å²) in [4.78, 5) is 12.3. The van der Waals surface area contributed by atoms with E-state index < -0.39 is 12.1 Å². The van der Waals surface area contributed by atoms with Crippen LogP contribution in [0.5, 0.6) is 5.75 Å². The van der Waals surface area contributed by atoms with Gasteiger partial charge in [0.15, 0.2) is 4.88 Å². The number of rotatable bonds is 8. The van der Waals surface area contributed by atoms with Crippen LogP contribution >= 0.6 is 11.3 Å². The van der Waals surface area contributed by atoms with Crippen molar-refractivity contribution in [1.82, 2.24) is 0 Å². The van der Waals surface area contributed by atoms with Gasteiger partial charge in [-0.15, -0.1) is 11.3 Å². The molecular formula is C14H22O5S. The predicted octanol–water partition coefficient (Wildman–Crippen LogP) is 2.73. The van der Waals surface area contributed by atoms with Crippen LogP contribution in [0.2, 0.25) is 0 Å². The highest BCUT2D eigenvalue weighted by Crippen LogP contribution is 2.33. The maximum Gasteiger partial charge on any atom is 0.349 e. The van der Waals surface area contributed by atoms with Crippen molar-refractivity contribution >= 4 is 17.3 Å². The third kappa shape index (κ3) is 5.11. The van der Waals surface area contributed by atoms with Gasteiger partial charge >= 0.3 is 5.97 Å². The van der Waals surface area contributed by atoms with Gasteiger partial charge in [0.05, 0.1) is 12.7 Å². The van der Waals surface area contributed by atoms with Gasteiger partial charge in [0.2, 0.25) is 0 Å². The van der Waals surface area contributed by atoms with E-state index in [1.165, 1.54) is 11.3 Å². The lowest BCUT2D eigenvalue weighted by Crippen LogP contribution is -2.25. The van der Waals surface area contributed by atoms with Crippen LogP contribution in [-0.4, -0.2) is 41.6 Å². The number of aromatic carboxylic acids is 1. The van der Waals surface area contributed by atoms with Crippen LogP contribution in [0.3, 0.4) is 0 Å². The Morgan fingerprint density at radius 3 is 2.45 bits per heavy atom. The Labute approximate surface area is 123 Å². The van der Waals surface area contributed by atoms with Crippen molar-refractivity contribution in [2.45, 2.75) is 45.8 Å². The molecule has 1 aromatic rings. The average Bonchev–Trinajstić information content (AvgIpc) is 2.78. The summed E-state index contributed by atoms with van der Waals surface area (Å²) in [6.45, 7) is 7.93. The molecule has 1 aromatic heterocycles. The fraction of sp³-hybridized carbons (Fsp3) is 0.643. The molecule has 0 aliphatic heterocycles. The molecule has 0 saturated heterocycles. The van der Waals surface area contributed by atoms with E-state index in [9.17, 15) is 9.90 Å². The van der Waals surface area contributed by atoms with Crippen molar-refractivity contribution in [2.24, 2.45) is 0 Å². The summed E-state index contributed by atoms with van der Waals surface area (Å²) in [6.07, 6.45) is -0.741. The minimum absolute atomic E-state index is 0.0151. The van der Waals surface area contributed by atoms with E-state index in [2.05, 4.69) is 0 Å². The number of carboxylic acid groups (broad SMARTS) is 1. The maximum atomic E-state index is 11.2. The highest BCUT2D eigenvalue weighted by molar-refractivity contribution is 7.14. The number of ether oxygens (including phenoxy) is 2. The molecule has 1 heterocycles. The third-order valence-corrected chi connectivity index (χ3v) is 3.94. The van der Waals surface area contributed by atoms with Crippen molar-refractivity contribution in [3.8, 4) is 5.75 Å². The molecule has 0 aliphatic carbocycles. The summed E-state index contributed by atoms with van der Waals surface area (Å²) in [7, 11) is 0. The van der Waals surface area contributed by atoms with Gasteiger partial charge < -0.3 is 19.7 Å². The van der Waals surface area contributed by atoms with Crippen molar-refractivity contribution < 1.29 is 24.5 Å². The number of thiophene rings is 1. The van der Waals surface area contributed by atoms with Gasteiger partial charge in [0.1, 0.15) is 18.5 Å². The second-order valence-corrected chi connectivity index (χ2v) is 6.23. The standard InChI is InChI=1S/C14H22O5S/c1-8(2)12-5-11(13(20-12)14(16)17)19-7-10(15)6-18-9(3)4/h5,8-10,15H,6-7H2,1-4H3,(H,16,17). The van der Waals surface area contributed by atoms with E-state index >= 15 is 0 Å². The van der Waals surface area contributed by atoms with Gasteiger partial charge in [-0.2, -0.15) is 0 Å². The summed E-state index contributed by atoms with van der Waals surface area (Å²) in [5, 5.41) is 18.9. The van der Waals surface area contributed by atoms with Crippen LogP contribution in [-0.2, 0) is 4.74 Å². The molecule has 2 N–H and O–H groups in total. The van der Waals surface area contributed by atoms with E-state index in [0.717, 1.165) is 4.88 Å². The first-order chi connectivity index (χ1) is 9.31. The Balaban J connectivity index is 2.64. The van der Waals surface area contributed by atoms with Gasteiger partial charge in [0, 0.05) is 4.88 Å². The first-order valence-corrected chi connectivity index (χ1v) is 7.42. The first kappa shape index (κ1) is 16.9. The van der Waals surface area contributed by atoms with Crippen molar-refractivity contribution in [2.75, 3.05) is 13.2 Å². The normalized spacial score (nSPS) is 12.9. The highest BCUT2D eigenvalue weighted by atomic mass is 32.1. The van der Waals surface area contributed by atoms with Crippen LogP contribution < -0.4 is 4.74 Å². The SMILES string of the molecule is CC(C)OCC(O)COc1cc(C(C)C)sc1C(=O)O. The zero-order valence-corrected chi connectivity index (χ0v) is 13.1. The monoisotopic (exact) mass is 302 g/mol. The van der Waals surface area contributed by atoms with Crippen LogP contribution in [0.1, 0.15) is 48.2 Å². The molecule has 0 bridgehead atoms. The molecule has 0 aromatic carbocycles. The molecule has 1 unspecified atom stereocenters. The smallest absolute Gasteiger partial charge is 0.349 e. The summed E-state index contributed by atoms with van der Waals surface area (Å²) in [6, 6.07) is 1.73. The van der Waals surface area contributed by atoms with Gasteiger partial charge in [-0.3, -0.25) is 0 Å². The van der Waals surface area contributed by atoms with Crippen LogP contribution in [0.25, 0.3) is 0 Å². The van der Waals surface area contributed by atoms with E-state index in [1.54, 1.807) is 6.07 Å². The predicted molar refractivity (Wildman–Crippen MR) is 78.0 cm³/mol. The van der Waals surface area contributed by atoms with E-state index in [1.807, 2.05) is 27.7 Å². The summed E-state index contributed by atoms with van der Waals surface area (Å²) >= 11 is 1.21. The van der Waals surface area contributed by atoms with Crippen LogP contribution in [0.15, 0.2) is 6.07 Å². The lowest BCUT2D eigenvalue weighted by Gasteiger charge is -2.14. The van der Waals surface area contributed by atoms with E-state index in [4.69, 9.17) is 14.6 Å². The fourth-order valence-electron chi connectivity index (χ4n) is 1.47. The maximum absolute atomic E-state index is 11.2. The van der Waals surface area contributed by atoms with Gasteiger partial charge in [-0.1, -0.05) is 13.8 Å². The first-order valence-electron chi connectivity index (χ1n) is 6.60. The molecule has 1 atom stereocenters. The second-order valence-electron chi connectivity index (χ2n) is 5.15. The quantitative estimate of drug-likeness (QED) is 0.772. The highest BCUT2D eigenvalue weighted by Gasteiger charge is 2.19. The van der Waals surface area contributed by atoms with Crippen molar-refractivity contribution in [3.05, 3.63) is 15.8 Å². The van der Waals surface area contributed by atoms with E-state index in [-0.39, 0.29) is 30.1 Å². The number of hydrogen-bond donors (Lipinski definition) is 2. The molecule has 6 heteroatoms.